The normalized spacial score (nSPS) is 26.7. The number of urea groups is 1. The van der Waals surface area contributed by atoms with E-state index in [0.717, 1.165) is 37.9 Å². The SMILES string of the molecule is CN(C)C1(c2ccccc2)CCC2(CC1)CN(c1ccc(C(=O)[O-])cc1)C(=O)N2CC1CCC1.[Li+]. The molecule has 2 aliphatic carbocycles. The summed E-state index contributed by atoms with van der Waals surface area (Å²) in [5.74, 6) is -0.605. The molecule has 1 spiro atoms. The first-order chi connectivity index (χ1) is 16.3. The van der Waals surface area contributed by atoms with Crippen LogP contribution in [-0.4, -0.2) is 54.5 Å². The molecule has 180 valence electrons. The average molecular weight is 468 g/mol. The van der Waals surface area contributed by atoms with Gasteiger partial charge in [0.2, 0.25) is 0 Å². The molecule has 2 aromatic carbocycles. The standard InChI is InChI=1S/C28H35N3O3.Li/c1-29(2)28(23-9-4-3-5-10-23)17-15-27(16-18-28)20-30(24-13-11-22(12-14-24)25(32)33)26(34)31(27)19-21-7-6-8-21;/h3-5,9-14,21H,6-8,15-20H2,1-2H3,(H,32,33);/q;+1/p-1. The maximum Gasteiger partial charge on any atom is 1.00 e. The van der Waals surface area contributed by atoms with Crippen LogP contribution in [0.4, 0.5) is 10.5 Å². The molecule has 35 heavy (non-hydrogen) atoms. The van der Waals surface area contributed by atoms with Crippen molar-refractivity contribution in [3.8, 4) is 0 Å². The number of carboxylic acids is 1. The molecule has 1 saturated heterocycles. The fraction of sp³-hybridized carbons (Fsp3) is 0.500. The molecule has 3 fully saturated rings. The Balaban J connectivity index is 0.00000289. The third-order valence-corrected chi connectivity index (χ3v) is 8.74. The first-order valence-electron chi connectivity index (χ1n) is 12.5. The summed E-state index contributed by atoms with van der Waals surface area (Å²) in [6, 6.07) is 17.4. The maximum absolute atomic E-state index is 13.8. The van der Waals surface area contributed by atoms with Crippen molar-refractivity contribution >= 4 is 17.7 Å². The summed E-state index contributed by atoms with van der Waals surface area (Å²) < 4.78 is 0. The zero-order valence-corrected chi connectivity index (χ0v) is 21.2. The Hall–Kier alpha value is -2.26. The van der Waals surface area contributed by atoms with Crippen LogP contribution < -0.4 is 28.9 Å². The van der Waals surface area contributed by atoms with Crippen LogP contribution in [0.1, 0.15) is 60.9 Å². The molecule has 1 aliphatic heterocycles. The predicted molar refractivity (Wildman–Crippen MR) is 131 cm³/mol. The van der Waals surface area contributed by atoms with E-state index in [1.54, 1.807) is 12.1 Å². The van der Waals surface area contributed by atoms with Crippen molar-refractivity contribution in [2.75, 3.05) is 32.1 Å². The van der Waals surface area contributed by atoms with Gasteiger partial charge in [0.15, 0.2) is 0 Å². The number of benzene rings is 2. The molecular formula is C28H34LiN3O3. The van der Waals surface area contributed by atoms with Gasteiger partial charge < -0.3 is 14.8 Å². The molecular weight excluding hydrogens is 433 g/mol. The number of nitrogens with zero attached hydrogens (tertiary/aromatic N) is 3. The van der Waals surface area contributed by atoms with Crippen LogP contribution in [0.5, 0.6) is 0 Å². The van der Waals surface area contributed by atoms with E-state index in [0.29, 0.717) is 12.5 Å². The number of aromatic carboxylic acids is 1. The van der Waals surface area contributed by atoms with Crippen molar-refractivity contribution in [3.63, 3.8) is 0 Å². The number of rotatable bonds is 6. The second-order valence-electron chi connectivity index (χ2n) is 10.6. The smallest absolute Gasteiger partial charge is 0.545 e. The van der Waals surface area contributed by atoms with Gasteiger partial charge in [0.25, 0.3) is 0 Å². The van der Waals surface area contributed by atoms with Crippen LogP contribution >= 0.6 is 0 Å². The number of hydrogen-bond acceptors (Lipinski definition) is 4. The van der Waals surface area contributed by atoms with E-state index in [2.05, 4.69) is 54.2 Å². The third-order valence-electron chi connectivity index (χ3n) is 8.74. The molecule has 1 heterocycles. The van der Waals surface area contributed by atoms with Gasteiger partial charge in [-0.15, -0.1) is 0 Å². The molecule has 2 amide bonds. The summed E-state index contributed by atoms with van der Waals surface area (Å²) >= 11 is 0. The zero-order chi connectivity index (χ0) is 23.9. The van der Waals surface area contributed by atoms with Crippen molar-refractivity contribution in [2.45, 2.75) is 56.0 Å². The van der Waals surface area contributed by atoms with Crippen molar-refractivity contribution in [2.24, 2.45) is 5.92 Å². The van der Waals surface area contributed by atoms with Gasteiger partial charge in [-0.05, 0) is 81.8 Å². The second-order valence-corrected chi connectivity index (χ2v) is 10.6. The van der Waals surface area contributed by atoms with Crippen LogP contribution in [0.15, 0.2) is 54.6 Å². The molecule has 7 heteroatoms. The third kappa shape index (κ3) is 4.53. The Morgan fingerprint density at radius 2 is 1.63 bits per heavy atom. The molecule has 3 aliphatic rings. The van der Waals surface area contributed by atoms with E-state index in [1.165, 1.54) is 37.0 Å². The fourth-order valence-corrected chi connectivity index (χ4v) is 6.28. The first kappa shape index (κ1) is 25.8. The molecule has 0 aromatic heterocycles. The van der Waals surface area contributed by atoms with E-state index >= 15 is 0 Å². The Bertz CT molecular complexity index is 1040. The van der Waals surface area contributed by atoms with Crippen molar-refractivity contribution in [1.82, 2.24) is 9.80 Å². The monoisotopic (exact) mass is 467 g/mol. The van der Waals surface area contributed by atoms with E-state index in [1.807, 2.05) is 4.90 Å². The van der Waals surface area contributed by atoms with Gasteiger partial charge in [0.1, 0.15) is 0 Å². The number of amides is 2. The molecule has 2 aromatic rings. The van der Waals surface area contributed by atoms with E-state index in [-0.39, 0.29) is 41.5 Å². The summed E-state index contributed by atoms with van der Waals surface area (Å²) in [6.07, 6.45) is 7.55. The molecule has 0 unspecified atom stereocenters. The van der Waals surface area contributed by atoms with Crippen molar-refractivity contribution < 1.29 is 33.6 Å². The fourth-order valence-electron chi connectivity index (χ4n) is 6.28. The quantitative estimate of drug-likeness (QED) is 0.592. The number of carbonyl (C=O) groups excluding carboxylic acids is 2. The van der Waals surface area contributed by atoms with Crippen LogP contribution in [0.2, 0.25) is 0 Å². The molecule has 2 saturated carbocycles. The van der Waals surface area contributed by atoms with Crippen molar-refractivity contribution in [3.05, 3.63) is 65.7 Å². The van der Waals surface area contributed by atoms with Gasteiger partial charge in [0.05, 0.1) is 18.1 Å². The number of anilines is 1. The summed E-state index contributed by atoms with van der Waals surface area (Å²) in [4.78, 5) is 31.3. The molecule has 0 atom stereocenters. The minimum Gasteiger partial charge on any atom is -0.545 e. The largest absolute Gasteiger partial charge is 1.00 e. The summed E-state index contributed by atoms with van der Waals surface area (Å²) in [7, 11) is 4.34. The average Bonchev–Trinajstić information content (AvgIpc) is 3.08. The summed E-state index contributed by atoms with van der Waals surface area (Å²) in [6.45, 7) is 1.48. The molecule has 5 rings (SSSR count). The van der Waals surface area contributed by atoms with Gasteiger partial charge in [-0.1, -0.05) is 48.9 Å². The zero-order valence-electron chi connectivity index (χ0n) is 21.2. The Labute approximate surface area is 220 Å². The molecule has 0 N–H and O–H groups in total. The second kappa shape index (κ2) is 10.0. The topological polar surface area (TPSA) is 66.9 Å². The first-order valence-corrected chi connectivity index (χ1v) is 12.5. The summed E-state index contributed by atoms with van der Waals surface area (Å²) in [5.41, 5.74) is 2.03. The van der Waals surface area contributed by atoms with Crippen LogP contribution in [0.25, 0.3) is 0 Å². The van der Waals surface area contributed by atoms with Gasteiger partial charge in [0, 0.05) is 17.8 Å². The van der Waals surface area contributed by atoms with Crippen LogP contribution in [0, 0.1) is 5.92 Å². The minimum absolute atomic E-state index is 0. The van der Waals surface area contributed by atoms with Crippen LogP contribution in [-0.2, 0) is 5.54 Å². The summed E-state index contributed by atoms with van der Waals surface area (Å²) in [5, 5.41) is 11.2. The Kier molecular flexibility index (Phi) is 7.38. The maximum atomic E-state index is 13.8. The van der Waals surface area contributed by atoms with Crippen LogP contribution in [0.3, 0.4) is 0 Å². The van der Waals surface area contributed by atoms with E-state index in [9.17, 15) is 14.7 Å². The molecule has 0 radical (unpaired) electrons. The molecule has 0 bridgehead atoms. The minimum atomic E-state index is -1.20. The van der Waals surface area contributed by atoms with Gasteiger partial charge in [-0.25, -0.2) is 4.79 Å². The Morgan fingerprint density at radius 1 is 1.00 bits per heavy atom. The van der Waals surface area contributed by atoms with Crippen molar-refractivity contribution in [1.29, 1.82) is 0 Å². The van der Waals surface area contributed by atoms with Gasteiger partial charge in [-0.2, -0.15) is 0 Å². The Morgan fingerprint density at radius 3 is 2.14 bits per heavy atom. The predicted octanol–water partition coefficient (Wildman–Crippen LogP) is 0.866. The number of hydrogen-bond donors (Lipinski definition) is 0. The van der Waals surface area contributed by atoms with E-state index in [4.69, 9.17) is 0 Å². The van der Waals surface area contributed by atoms with E-state index < -0.39 is 5.97 Å². The molecule has 6 nitrogen and oxygen atoms in total. The van der Waals surface area contributed by atoms with Gasteiger partial charge >= 0.3 is 24.9 Å². The number of carboxylic acid groups (broad SMARTS) is 1. The van der Waals surface area contributed by atoms with Gasteiger partial charge in [-0.3, -0.25) is 9.80 Å². The number of carbonyl (C=O) groups is 2.